The number of rotatable bonds is 8. The zero-order valence-electron chi connectivity index (χ0n) is 12.2. The lowest BCUT2D eigenvalue weighted by Gasteiger charge is -2.07. The minimum atomic E-state index is 0.540. The number of nitrogens with zero attached hydrogens (tertiary/aromatic N) is 6. The van der Waals surface area contributed by atoms with Crippen LogP contribution in [0.5, 0.6) is 0 Å². The molecule has 0 aliphatic heterocycles. The third-order valence-electron chi connectivity index (χ3n) is 3.01. The summed E-state index contributed by atoms with van der Waals surface area (Å²) in [7, 11) is 0. The summed E-state index contributed by atoms with van der Waals surface area (Å²) in [6, 6.07) is 0. The standard InChI is InChI=1S/C13H23N7/c1-11(2)7-20-13(15-10-16-20)9-19-8-12(17-18-19)5-3-4-6-14/h8,10-11H,3-7,9,14H2,1-2H3. The molecule has 0 aliphatic rings. The Morgan fingerprint density at radius 2 is 2.15 bits per heavy atom. The van der Waals surface area contributed by atoms with E-state index in [9.17, 15) is 0 Å². The van der Waals surface area contributed by atoms with Gasteiger partial charge in [-0.25, -0.2) is 14.3 Å². The highest BCUT2D eigenvalue weighted by Gasteiger charge is 2.08. The van der Waals surface area contributed by atoms with Gasteiger partial charge in [0.2, 0.25) is 0 Å². The first-order chi connectivity index (χ1) is 9.69. The smallest absolute Gasteiger partial charge is 0.148 e. The van der Waals surface area contributed by atoms with Gasteiger partial charge in [0.15, 0.2) is 0 Å². The maximum Gasteiger partial charge on any atom is 0.148 e. The molecule has 0 fully saturated rings. The second kappa shape index (κ2) is 7.14. The Morgan fingerprint density at radius 3 is 2.90 bits per heavy atom. The van der Waals surface area contributed by atoms with Gasteiger partial charge in [0.25, 0.3) is 0 Å². The first kappa shape index (κ1) is 14.6. The number of aromatic nitrogens is 6. The summed E-state index contributed by atoms with van der Waals surface area (Å²) in [5.41, 5.74) is 6.49. The van der Waals surface area contributed by atoms with E-state index in [1.165, 1.54) is 0 Å². The monoisotopic (exact) mass is 277 g/mol. The van der Waals surface area contributed by atoms with E-state index in [1.54, 1.807) is 6.33 Å². The van der Waals surface area contributed by atoms with Crippen molar-refractivity contribution in [2.45, 2.75) is 46.2 Å². The number of nitrogens with two attached hydrogens (primary N) is 1. The van der Waals surface area contributed by atoms with Crippen molar-refractivity contribution in [2.24, 2.45) is 11.7 Å². The molecule has 2 rings (SSSR count). The molecule has 0 bridgehead atoms. The van der Waals surface area contributed by atoms with Crippen molar-refractivity contribution in [3.05, 3.63) is 24.0 Å². The van der Waals surface area contributed by atoms with Crippen LogP contribution in [0.1, 0.15) is 38.2 Å². The van der Waals surface area contributed by atoms with E-state index in [0.717, 1.165) is 43.9 Å². The Labute approximate surface area is 119 Å². The van der Waals surface area contributed by atoms with E-state index in [-0.39, 0.29) is 0 Å². The lowest BCUT2D eigenvalue weighted by atomic mass is 10.2. The fourth-order valence-corrected chi connectivity index (χ4v) is 2.03. The zero-order chi connectivity index (χ0) is 14.4. The average Bonchev–Trinajstić information content (AvgIpc) is 3.00. The van der Waals surface area contributed by atoms with Gasteiger partial charge >= 0.3 is 0 Å². The largest absolute Gasteiger partial charge is 0.330 e. The maximum absolute atomic E-state index is 5.49. The molecule has 0 atom stereocenters. The van der Waals surface area contributed by atoms with Gasteiger partial charge < -0.3 is 5.73 Å². The van der Waals surface area contributed by atoms with Crippen LogP contribution in [0.4, 0.5) is 0 Å². The molecule has 2 aromatic heterocycles. The maximum atomic E-state index is 5.49. The predicted octanol–water partition coefficient (Wildman–Crippen LogP) is 0.855. The molecule has 0 spiro atoms. The molecule has 7 heteroatoms. The summed E-state index contributed by atoms with van der Waals surface area (Å²) in [4.78, 5) is 4.30. The van der Waals surface area contributed by atoms with Crippen molar-refractivity contribution in [3.8, 4) is 0 Å². The van der Waals surface area contributed by atoms with Crippen LogP contribution in [0.15, 0.2) is 12.5 Å². The number of hydrogen-bond donors (Lipinski definition) is 1. The molecular formula is C13H23N7. The van der Waals surface area contributed by atoms with Gasteiger partial charge in [-0.3, -0.25) is 0 Å². The van der Waals surface area contributed by atoms with E-state index >= 15 is 0 Å². The van der Waals surface area contributed by atoms with Crippen molar-refractivity contribution in [2.75, 3.05) is 6.54 Å². The Kier molecular flexibility index (Phi) is 5.23. The van der Waals surface area contributed by atoms with E-state index in [4.69, 9.17) is 5.73 Å². The molecule has 7 nitrogen and oxygen atoms in total. The quantitative estimate of drug-likeness (QED) is 0.723. The van der Waals surface area contributed by atoms with Gasteiger partial charge in [-0.1, -0.05) is 19.1 Å². The third-order valence-corrected chi connectivity index (χ3v) is 3.01. The molecule has 2 N–H and O–H groups in total. The van der Waals surface area contributed by atoms with E-state index in [0.29, 0.717) is 12.5 Å². The van der Waals surface area contributed by atoms with Crippen molar-refractivity contribution < 1.29 is 0 Å². The summed E-state index contributed by atoms with van der Waals surface area (Å²) in [6.07, 6.45) is 6.58. The van der Waals surface area contributed by atoms with Crippen LogP contribution >= 0.6 is 0 Å². The van der Waals surface area contributed by atoms with Crippen molar-refractivity contribution in [1.82, 2.24) is 29.8 Å². The first-order valence-corrected chi connectivity index (χ1v) is 7.14. The van der Waals surface area contributed by atoms with Crippen LogP contribution in [0.25, 0.3) is 0 Å². The van der Waals surface area contributed by atoms with E-state index in [2.05, 4.69) is 34.2 Å². The van der Waals surface area contributed by atoms with Crippen molar-refractivity contribution in [1.29, 1.82) is 0 Å². The van der Waals surface area contributed by atoms with Crippen molar-refractivity contribution in [3.63, 3.8) is 0 Å². The molecule has 0 saturated heterocycles. The molecule has 0 aromatic carbocycles. The first-order valence-electron chi connectivity index (χ1n) is 7.14. The Balaban J connectivity index is 1.94. The molecule has 2 aromatic rings. The van der Waals surface area contributed by atoms with Crippen LogP contribution < -0.4 is 5.73 Å². The number of unbranched alkanes of at least 4 members (excludes halogenated alkanes) is 1. The number of aryl methyl sites for hydroxylation is 1. The molecule has 20 heavy (non-hydrogen) atoms. The fourth-order valence-electron chi connectivity index (χ4n) is 2.03. The summed E-state index contributed by atoms with van der Waals surface area (Å²) < 4.78 is 3.75. The second-order valence-electron chi connectivity index (χ2n) is 5.41. The topological polar surface area (TPSA) is 87.4 Å². The highest BCUT2D eigenvalue weighted by molar-refractivity contribution is 4.95. The molecule has 0 unspecified atom stereocenters. The highest BCUT2D eigenvalue weighted by atomic mass is 15.4. The van der Waals surface area contributed by atoms with Gasteiger partial charge in [-0.05, 0) is 31.7 Å². The van der Waals surface area contributed by atoms with Gasteiger partial charge in [-0.2, -0.15) is 5.10 Å². The third kappa shape index (κ3) is 4.12. The second-order valence-corrected chi connectivity index (χ2v) is 5.41. The van der Waals surface area contributed by atoms with E-state index < -0.39 is 0 Å². The van der Waals surface area contributed by atoms with Gasteiger partial charge in [0.05, 0.1) is 5.69 Å². The van der Waals surface area contributed by atoms with Crippen LogP contribution in [-0.2, 0) is 19.5 Å². The summed E-state index contributed by atoms with van der Waals surface area (Å²) in [6.45, 7) is 6.53. The minimum absolute atomic E-state index is 0.540. The molecule has 110 valence electrons. The molecule has 0 aliphatic carbocycles. The fraction of sp³-hybridized carbons (Fsp3) is 0.692. The van der Waals surface area contributed by atoms with Crippen LogP contribution in [0.2, 0.25) is 0 Å². The summed E-state index contributed by atoms with van der Waals surface area (Å²) >= 11 is 0. The van der Waals surface area contributed by atoms with Gasteiger partial charge in [-0.15, -0.1) is 5.10 Å². The molecular weight excluding hydrogens is 254 g/mol. The van der Waals surface area contributed by atoms with Gasteiger partial charge in [0, 0.05) is 12.7 Å². The Hall–Kier alpha value is -1.76. The van der Waals surface area contributed by atoms with E-state index in [1.807, 2.05) is 15.6 Å². The highest BCUT2D eigenvalue weighted by Crippen LogP contribution is 2.05. The lowest BCUT2D eigenvalue weighted by Crippen LogP contribution is -2.13. The van der Waals surface area contributed by atoms with Crippen LogP contribution in [0.3, 0.4) is 0 Å². The summed E-state index contributed by atoms with van der Waals surface area (Å²) in [5.74, 6) is 1.45. The molecule has 0 radical (unpaired) electrons. The predicted molar refractivity (Wildman–Crippen MR) is 76.0 cm³/mol. The normalized spacial score (nSPS) is 11.4. The van der Waals surface area contributed by atoms with Crippen LogP contribution in [-0.4, -0.2) is 36.3 Å². The molecule has 0 saturated carbocycles. The average molecular weight is 277 g/mol. The molecule has 0 amide bonds. The minimum Gasteiger partial charge on any atom is -0.330 e. The number of hydrogen-bond acceptors (Lipinski definition) is 5. The van der Waals surface area contributed by atoms with Crippen molar-refractivity contribution >= 4 is 0 Å². The lowest BCUT2D eigenvalue weighted by molar-refractivity contribution is 0.455. The SMILES string of the molecule is CC(C)Cn1ncnc1Cn1cc(CCCCN)nn1. The van der Waals surface area contributed by atoms with Gasteiger partial charge in [0.1, 0.15) is 18.7 Å². The molecule has 2 heterocycles. The Bertz CT molecular complexity index is 514. The summed E-state index contributed by atoms with van der Waals surface area (Å²) in [5, 5.41) is 12.6. The Morgan fingerprint density at radius 1 is 1.30 bits per heavy atom. The zero-order valence-corrected chi connectivity index (χ0v) is 12.2. The van der Waals surface area contributed by atoms with Crippen LogP contribution in [0, 0.1) is 5.92 Å².